The molecule has 1 aromatic carbocycles. The van der Waals surface area contributed by atoms with Gasteiger partial charge in [-0.25, -0.2) is 0 Å². The van der Waals surface area contributed by atoms with Crippen molar-refractivity contribution in [3.63, 3.8) is 0 Å². The van der Waals surface area contributed by atoms with Gasteiger partial charge >= 0.3 is 0 Å². The molecule has 0 spiro atoms. The van der Waals surface area contributed by atoms with Crippen LogP contribution in [-0.2, 0) is 4.79 Å². The SMILES string of the molecule is COc1ccc(NCCNC(=O)[C@H](CC2CCCCC2)NC(=O)c2ccc(Br)o2)cc1. The van der Waals surface area contributed by atoms with Crippen LogP contribution >= 0.6 is 15.9 Å². The molecule has 2 aromatic rings. The highest BCUT2D eigenvalue weighted by Gasteiger charge is 2.27. The Morgan fingerprint density at radius 2 is 1.84 bits per heavy atom. The van der Waals surface area contributed by atoms with Crippen LogP contribution in [-0.4, -0.2) is 38.1 Å². The van der Waals surface area contributed by atoms with Gasteiger partial charge in [-0.2, -0.15) is 0 Å². The Bertz CT molecular complexity index is 847. The topological polar surface area (TPSA) is 92.6 Å². The van der Waals surface area contributed by atoms with Crippen molar-refractivity contribution in [2.45, 2.75) is 44.6 Å². The second kappa shape index (κ2) is 11.8. The Balaban J connectivity index is 1.52. The fourth-order valence-electron chi connectivity index (χ4n) is 3.88. The van der Waals surface area contributed by atoms with Crippen LogP contribution in [0.4, 0.5) is 5.69 Å². The number of rotatable bonds is 10. The molecule has 0 radical (unpaired) electrons. The summed E-state index contributed by atoms with van der Waals surface area (Å²) in [7, 11) is 1.63. The number of nitrogens with one attached hydrogen (secondary N) is 3. The van der Waals surface area contributed by atoms with E-state index in [4.69, 9.17) is 9.15 Å². The number of amides is 2. The lowest BCUT2D eigenvalue weighted by Gasteiger charge is -2.26. The summed E-state index contributed by atoms with van der Waals surface area (Å²) in [5, 5.41) is 9.07. The molecule has 0 bridgehead atoms. The van der Waals surface area contributed by atoms with E-state index in [0.717, 1.165) is 24.3 Å². The van der Waals surface area contributed by atoms with Crippen LogP contribution in [0.1, 0.15) is 49.1 Å². The average Bonchev–Trinajstić information content (AvgIpc) is 3.23. The number of halogens is 1. The summed E-state index contributed by atoms with van der Waals surface area (Å²) in [6.07, 6.45) is 6.46. The molecule has 1 aromatic heterocycles. The number of benzene rings is 1. The van der Waals surface area contributed by atoms with Gasteiger partial charge in [0.2, 0.25) is 5.91 Å². The largest absolute Gasteiger partial charge is 0.497 e. The van der Waals surface area contributed by atoms with E-state index in [-0.39, 0.29) is 17.6 Å². The minimum absolute atomic E-state index is 0.166. The zero-order chi connectivity index (χ0) is 22.1. The fraction of sp³-hybridized carbons (Fsp3) is 0.478. The Hall–Kier alpha value is -2.48. The number of hydrogen-bond acceptors (Lipinski definition) is 5. The van der Waals surface area contributed by atoms with Gasteiger partial charge in [-0.3, -0.25) is 9.59 Å². The molecule has 1 aliphatic rings. The normalized spacial score (nSPS) is 15.2. The van der Waals surface area contributed by atoms with E-state index in [1.54, 1.807) is 19.2 Å². The minimum atomic E-state index is -0.583. The van der Waals surface area contributed by atoms with E-state index in [1.165, 1.54) is 19.3 Å². The molecule has 0 saturated heterocycles. The van der Waals surface area contributed by atoms with Crippen molar-refractivity contribution < 1.29 is 18.7 Å². The lowest BCUT2D eigenvalue weighted by Crippen LogP contribution is -2.48. The van der Waals surface area contributed by atoms with Gasteiger partial charge in [0, 0.05) is 18.8 Å². The highest BCUT2D eigenvalue weighted by molar-refractivity contribution is 9.10. The van der Waals surface area contributed by atoms with Crippen molar-refractivity contribution in [2.75, 3.05) is 25.5 Å². The third-order valence-electron chi connectivity index (χ3n) is 5.56. The molecular formula is C23H30BrN3O4. The lowest BCUT2D eigenvalue weighted by molar-refractivity contribution is -0.123. The summed E-state index contributed by atoms with van der Waals surface area (Å²) in [5.41, 5.74) is 0.950. The highest BCUT2D eigenvalue weighted by atomic mass is 79.9. The van der Waals surface area contributed by atoms with Crippen LogP contribution in [0.25, 0.3) is 0 Å². The maximum absolute atomic E-state index is 12.9. The third kappa shape index (κ3) is 7.31. The molecule has 1 saturated carbocycles. The first-order valence-corrected chi connectivity index (χ1v) is 11.6. The zero-order valence-electron chi connectivity index (χ0n) is 17.8. The predicted octanol–water partition coefficient (Wildman–Crippen LogP) is 4.35. The van der Waals surface area contributed by atoms with E-state index >= 15 is 0 Å². The van der Waals surface area contributed by atoms with Gasteiger partial charge in [-0.05, 0) is 64.7 Å². The molecule has 1 fully saturated rings. The van der Waals surface area contributed by atoms with E-state index in [2.05, 4.69) is 31.9 Å². The highest BCUT2D eigenvalue weighted by Crippen LogP contribution is 2.27. The van der Waals surface area contributed by atoms with Gasteiger partial charge < -0.3 is 25.1 Å². The molecule has 3 rings (SSSR count). The number of hydrogen-bond donors (Lipinski definition) is 3. The minimum Gasteiger partial charge on any atom is -0.497 e. The van der Waals surface area contributed by atoms with Gasteiger partial charge in [0.25, 0.3) is 5.91 Å². The summed E-state index contributed by atoms with van der Waals surface area (Å²) in [5.74, 6) is 0.892. The molecule has 2 amide bonds. The van der Waals surface area contributed by atoms with Crippen molar-refractivity contribution in [2.24, 2.45) is 5.92 Å². The van der Waals surface area contributed by atoms with Crippen LogP contribution in [0.3, 0.4) is 0 Å². The van der Waals surface area contributed by atoms with E-state index in [0.29, 0.717) is 30.1 Å². The van der Waals surface area contributed by atoms with Gasteiger partial charge in [0.15, 0.2) is 10.4 Å². The van der Waals surface area contributed by atoms with Gasteiger partial charge in [-0.15, -0.1) is 0 Å². The Labute approximate surface area is 191 Å². The molecule has 0 unspecified atom stereocenters. The molecule has 7 nitrogen and oxygen atoms in total. The first-order valence-electron chi connectivity index (χ1n) is 10.8. The first kappa shape index (κ1) is 23.2. The Morgan fingerprint density at radius 1 is 1.10 bits per heavy atom. The smallest absolute Gasteiger partial charge is 0.287 e. The Kier molecular flexibility index (Phi) is 8.82. The maximum atomic E-state index is 12.9. The van der Waals surface area contributed by atoms with E-state index < -0.39 is 6.04 Å². The monoisotopic (exact) mass is 491 g/mol. The molecular weight excluding hydrogens is 462 g/mol. The van der Waals surface area contributed by atoms with Crippen LogP contribution in [0.15, 0.2) is 45.5 Å². The van der Waals surface area contributed by atoms with Crippen molar-refractivity contribution in [3.8, 4) is 5.75 Å². The summed E-state index contributed by atoms with van der Waals surface area (Å²) in [6.45, 7) is 1.03. The van der Waals surface area contributed by atoms with Crippen molar-refractivity contribution >= 4 is 33.4 Å². The number of furan rings is 1. The third-order valence-corrected chi connectivity index (χ3v) is 5.98. The molecule has 8 heteroatoms. The lowest BCUT2D eigenvalue weighted by atomic mass is 9.84. The molecule has 1 aliphatic carbocycles. The maximum Gasteiger partial charge on any atom is 0.287 e. The van der Waals surface area contributed by atoms with E-state index in [9.17, 15) is 9.59 Å². The van der Waals surface area contributed by atoms with Crippen molar-refractivity contribution in [1.29, 1.82) is 0 Å². The van der Waals surface area contributed by atoms with Crippen molar-refractivity contribution in [1.82, 2.24) is 10.6 Å². The predicted molar refractivity (Wildman–Crippen MR) is 123 cm³/mol. The summed E-state index contributed by atoms with van der Waals surface area (Å²) >= 11 is 3.20. The standard InChI is InChI=1S/C23H30BrN3O4/c1-30-18-9-7-17(8-10-18)25-13-14-26-22(28)19(15-16-5-3-2-4-6-16)27-23(29)20-11-12-21(24)31-20/h7-12,16,19,25H,2-6,13-15H2,1H3,(H,26,28)(H,27,29)/t19-/m0/s1. The van der Waals surface area contributed by atoms with Crippen LogP contribution in [0.5, 0.6) is 5.75 Å². The number of anilines is 1. The van der Waals surface area contributed by atoms with Gasteiger partial charge in [-0.1, -0.05) is 32.1 Å². The zero-order valence-corrected chi connectivity index (χ0v) is 19.4. The van der Waals surface area contributed by atoms with Crippen LogP contribution in [0, 0.1) is 5.92 Å². The first-order chi connectivity index (χ1) is 15.0. The molecule has 1 heterocycles. The summed E-state index contributed by atoms with van der Waals surface area (Å²) in [4.78, 5) is 25.4. The van der Waals surface area contributed by atoms with Crippen LogP contribution < -0.4 is 20.7 Å². The van der Waals surface area contributed by atoms with Crippen molar-refractivity contribution in [3.05, 3.63) is 46.8 Å². The Morgan fingerprint density at radius 3 is 2.48 bits per heavy atom. The quantitative estimate of drug-likeness (QED) is 0.429. The molecule has 0 aliphatic heterocycles. The summed E-state index contributed by atoms with van der Waals surface area (Å²) in [6, 6.07) is 10.3. The number of ether oxygens (including phenoxy) is 1. The number of carbonyl (C=O) groups is 2. The molecule has 3 N–H and O–H groups in total. The second-order valence-electron chi connectivity index (χ2n) is 7.82. The van der Waals surface area contributed by atoms with E-state index in [1.807, 2.05) is 24.3 Å². The number of carbonyl (C=O) groups excluding carboxylic acids is 2. The fourth-order valence-corrected chi connectivity index (χ4v) is 4.18. The molecule has 168 valence electrons. The number of methoxy groups -OCH3 is 1. The summed E-state index contributed by atoms with van der Waals surface area (Å²) < 4.78 is 11.0. The molecule has 1 atom stereocenters. The van der Waals surface area contributed by atoms with Gasteiger partial charge in [0.1, 0.15) is 11.8 Å². The second-order valence-corrected chi connectivity index (χ2v) is 8.60. The average molecular weight is 492 g/mol. The van der Waals surface area contributed by atoms with Gasteiger partial charge in [0.05, 0.1) is 7.11 Å². The van der Waals surface area contributed by atoms with Crippen LogP contribution in [0.2, 0.25) is 0 Å². The molecule has 31 heavy (non-hydrogen) atoms.